The van der Waals surface area contributed by atoms with Crippen molar-refractivity contribution in [1.29, 1.82) is 0 Å². The van der Waals surface area contributed by atoms with E-state index in [1.165, 1.54) is 38.4 Å². The maximum atomic E-state index is 12.4. The second-order valence-electron chi connectivity index (χ2n) is 7.47. The molecule has 2 N–H and O–H groups in total. The van der Waals surface area contributed by atoms with Crippen molar-refractivity contribution < 1.29 is 13.2 Å². The van der Waals surface area contributed by atoms with Crippen molar-refractivity contribution in [1.82, 2.24) is 14.6 Å². The molecule has 3 rings (SSSR count). The van der Waals surface area contributed by atoms with E-state index in [1.807, 2.05) is 32.0 Å². The molecule has 158 valence electrons. The van der Waals surface area contributed by atoms with Gasteiger partial charge in [-0.1, -0.05) is 0 Å². The van der Waals surface area contributed by atoms with Crippen molar-refractivity contribution in [3.8, 4) is 0 Å². The van der Waals surface area contributed by atoms with Gasteiger partial charge in [-0.15, -0.1) is 0 Å². The number of amides is 1. The lowest BCUT2D eigenvalue weighted by atomic mass is 10.0. The van der Waals surface area contributed by atoms with Gasteiger partial charge in [-0.2, -0.15) is 0 Å². The van der Waals surface area contributed by atoms with Crippen molar-refractivity contribution in [3.05, 3.63) is 75.1 Å². The molecule has 0 aliphatic heterocycles. The molecular weight excluding hydrogens is 402 g/mol. The minimum absolute atomic E-state index is 0.122. The van der Waals surface area contributed by atoms with E-state index in [0.29, 0.717) is 17.5 Å². The fourth-order valence-electron chi connectivity index (χ4n) is 3.11. The quantitative estimate of drug-likeness (QED) is 0.631. The smallest absolute Gasteiger partial charge is 0.251 e. The predicted molar refractivity (Wildman–Crippen MR) is 117 cm³/mol. The van der Waals surface area contributed by atoms with Crippen LogP contribution < -0.4 is 10.9 Å². The summed E-state index contributed by atoms with van der Waals surface area (Å²) in [6.07, 6.45) is 0.386. The standard InChI is InChI=1S/C22H25N3O4S/c1-14-11-18-13-17(22(27)24-20(18)12-15(14)2)9-10-23-21(26)16-5-7-19(8-6-16)30(28,29)25(3)4/h5-8,11-13H,9-10H2,1-4H3,(H,23,26)(H,24,27). The van der Waals surface area contributed by atoms with Crippen LogP contribution in [0.25, 0.3) is 10.9 Å². The van der Waals surface area contributed by atoms with Gasteiger partial charge in [0.25, 0.3) is 11.5 Å². The Hall–Kier alpha value is -2.97. The van der Waals surface area contributed by atoms with E-state index in [0.717, 1.165) is 26.3 Å². The molecule has 1 aromatic heterocycles. The van der Waals surface area contributed by atoms with Gasteiger partial charge in [-0.3, -0.25) is 9.59 Å². The second kappa shape index (κ2) is 8.41. The number of rotatable bonds is 6. The highest BCUT2D eigenvalue weighted by molar-refractivity contribution is 7.89. The molecule has 7 nitrogen and oxygen atoms in total. The zero-order valence-corrected chi connectivity index (χ0v) is 18.3. The molecule has 0 bridgehead atoms. The maximum absolute atomic E-state index is 12.4. The fourth-order valence-corrected chi connectivity index (χ4v) is 4.01. The van der Waals surface area contributed by atoms with Gasteiger partial charge in [-0.05, 0) is 79.2 Å². The molecule has 0 saturated heterocycles. The molecule has 1 heterocycles. The second-order valence-corrected chi connectivity index (χ2v) is 9.62. The molecule has 0 aliphatic carbocycles. The Bertz CT molecular complexity index is 1260. The van der Waals surface area contributed by atoms with Crippen molar-refractivity contribution in [2.45, 2.75) is 25.2 Å². The van der Waals surface area contributed by atoms with Crippen LogP contribution >= 0.6 is 0 Å². The van der Waals surface area contributed by atoms with Crippen LogP contribution in [0.5, 0.6) is 0 Å². The van der Waals surface area contributed by atoms with E-state index < -0.39 is 10.0 Å². The Morgan fingerprint density at radius 1 is 1.03 bits per heavy atom. The lowest BCUT2D eigenvalue weighted by Gasteiger charge is -2.11. The topological polar surface area (TPSA) is 99.3 Å². The van der Waals surface area contributed by atoms with Crippen molar-refractivity contribution in [2.24, 2.45) is 0 Å². The van der Waals surface area contributed by atoms with Crippen LogP contribution in [0, 0.1) is 13.8 Å². The summed E-state index contributed by atoms with van der Waals surface area (Å²) < 4.78 is 25.3. The van der Waals surface area contributed by atoms with E-state index >= 15 is 0 Å². The molecule has 0 unspecified atom stereocenters. The summed E-state index contributed by atoms with van der Waals surface area (Å²) in [6, 6.07) is 11.6. The molecule has 8 heteroatoms. The molecule has 2 aromatic carbocycles. The van der Waals surface area contributed by atoms with Gasteiger partial charge in [-0.25, -0.2) is 12.7 Å². The average Bonchev–Trinajstić information content (AvgIpc) is 2.69. The molecule has 0 atom stereocenters. The summed E-state index contributed by atoms with van der Waals surface area (Å²) in [4.78, 5) is 27.7. The predicted octanol–water partition coefficient (Wildman–Crippen LogP) is 2.37. The van der Waals surface area contributed by atoms with Crippen LogP contribution in [-0.2, 0) is 16.4 Å². The van der Waals surface area contributed by atoms with Gasteiger partial charge in [0, 0.05) is 37.3 Å². The molecule has 0 fully saturated rings. The molecule has 3 aromatic rings. The van der Waals surface area contributed by atoms with Gasteiger partial charge in [0.05, 0.1) is 4.90 Å². The van der Waals surface area contributed by atoms with Gasteiger partial charge in [0.2, 0.25) is 10.0 Å². The van der Waals surface area contributed by atoms with Crippen LogP contribution in [0.3, 0.4) is 0 Å². The number of benzene rings is 2. The van der Waals surface area contributed by atoms with Gasteiger partial charge in [0.15, 0.2) is 0 Å². The van der Waals surface area contributed by atoms with Gasteiger partial charge in [0.1, 0.15) is 0 Å². The van der Waals surface area contributed by atoms with Crippen LogP contribution in [0.1, 0.15) is 27.0 Å². The lowest BCUT2D eigenvalue weighted by molar-refractivity contribution is 0.0954. The average molecular weight is 428 g/mol. The molecule has 0 aliphatic rings. The first-order valence-electron chi connectivity index (χ1n) is 9.53. The minimum atomic E-state index is -3.54. The number of carbonyl (C=O) groups is 1. The molecular formula is C22H25N3O4S. The Morgan fingerprint density at radius 3 is 2.30 bits per heavy atom. The summed E-state index contributed by atoms with van der Waals surface area (Å²) in [6.45, 7) is 4.31. The van der Waals surface area contributed by atoms with Gasteiger partial charge >= 0.3 is 0 Å². The zero-order valence-electron chi connectivity index (χ0n) is 17.4. The highest BCUT2D eigenvalue weighted by atomic mass is 32.2. The SMILES string of the molecule is Cc1cc2cc(CCNC(=O)c3ccc(S(=O)(=O)N(C)C)cc3)c(=O)[nH]c2cc1C. The number of sulfonamides is 1. The number of fused-ring (bicyclic) bond motifs is 1. The van der Waals surface area contributed by atoms with E-state index in [2.05, 4.69) is 10.3 Å². The summed E-state index contributed by atoms with van der Waals surface area (Å²) in [5.41, 5.74) is 3.84. The third-order valence-corrected chi connectivity index (χ3v) is 6.94. The number of aromatic nitrogens is 1. The Balaban J connectivity index is 1.68. The number of pyridine rings is 1. The Labute approximate surface area is 175 Å². The van der Waals surface area contributed by atoms with Crippen molar-refractivity contribution in [3.63, 3.8) is 0 Å². The first kappa shape index (κ1) is 21.7. The number of hydrogen-bond acceptors (Lipinski definition) is 4. The Morgan fingerprint density at radius 2 is 1.67 bits per heavy atom. The van der Waals surface area contributed by atoms with E-state index in [9.17, 15) is 18.0 Å². The number of aromatic amines is 1. The first-order valence-corrected chi connectivity index (χ1v) is 11.0. The summed E-state index contributed by atoms with van der Waals surface area (Å²) >= 11 is 0. The number of H-pyrrole nitrogens is 1. The van der Waals surface area contributed by atoms with E-state index in [-0.39, 0.29) is 22.9 Å². The highest BCUT2D eigenvalue weighted by Gasteiger charge is 2.17. The van der Waals surface area contributed by atoms with Crippen LogP contribution in [-0.4, -0.2) is 44.3 Å². The van der Waals surface area contributed by atoms with Crippen LogP contribution in [0.4, 0.5) is 0 Å². The summed E-state index contributed by atoms with van der Waals surface area (Å²) in [5, 5.41) is 3.73. The number of nitrogens with zero attached hydrogens (tertiary/aromatic N) is 1. The fraction of sp³-hybridized carbons (Fsp3) is 0.273. The van der Waals surface area contributed by atoms with Crippen molar-refractivity contribution >= 4 is 26.8 Å². The molecule has 30 heavy (non-hydrogen) atoms. The normalized spacial score (nSPS) is 11.8. The van der Waals surface area contributed by atoms with Crippen molar-refractivity contribution in [2.75, 3.05) is 20.6 Å². The zero-order chi connectivity index (χ0) is 22.1. The van der Waals surface area contributed by atoms with E-state index in [4.69, 9.17) is 0 Å². The number of nitrogens with one attached hydrogen (secondary N) is 2. The molecule has 0 spiro atoms. The van der Waals surface area contributed by atoms with Gasteiger partial charge < -0.3 is 10.3 Å². The van der Waals surface area contributed by atoms with Crippen LogP contribution in [0.2, 0.25) is 0 Å². The Kier molecular flexibility index (Phi) is 6.09. The first-order chi connectivity index (χ1) is 14.1. The maximum Gasteiger partial charge on any atom is 0.251 e. The molecule has 0 radical (unpaired) electrons. The van der Waals surface area contributed by atoms with Crippen LogP contribution in [0.15, 0.2) is 52.2 Å². The monoisotopic (exact) mass is 427 g/mol. The number of hydrogen-bond donors (Lipinski definition) is 2. The highest BCUT2D eigenvalue weighted by Crippen LogP contribution is 2.17. The summed E-state index contributed by atoms with van der Waals surface area (Å²) in [7, 11) is -0.635. The molecule has 1 amide bonds. The lowest BCUT2D eigenvalue weighted by Crippen LogP contribution is -2.27. The third-order valence-electron chi connectivity index (χ3n) is 5.11. The largest absolute Gasteiger partial charge is 0.352 e. The summed E-state index contributed by atoms with van der Waals surface area (Å²) in [5.74, 6) is -0.326. The number of carbonyl (C=O) groups excluding carboxylic acids is 1. The number of aryl methyl sites for hydroxylation is 2. The van der Waals surface area contributed by atoms with E-state index in [1.54, 1.807) is 0 Å². The minimum Gasteiger partial charge on any atom is -0.352 e. The molecule has 0 saturated carbocycles. The third kappa shape index (κ3) is 4.44.